The standard InChI is InChI=1S/C23H29N5O3/c1-4-14(2)22(30)28-10-5-6-19(28)20-25-18-8-11-27(13-17(18)21(29)26-20)23(31)16-7-9-24-12-15(16)3/h7,9,12,14,19H,4-6,8,10-11,13H2,1-3H3,(H,25,26,29)/t14-,19-/m0/s1. The Morgan fingerprint density at radius 3 is 2.87 bits per heavy atom. The lowest BCUT2D eigenvalue weighted by Gasteiger charge is -2.30. The van der Waals surface area contributed by atoms with Crippen LogP contribution in [0.4, 0.5) is 0 Å². The van der Waals surface area contributed by atoms with Crippen LogP contribution in [0.25, 0.3) is 0 Å². The van der Waals surface area contributed by atoms with Gasteiger partial charge in [-0.2, -0.15) is 0 Å². The Morgan fingerprint density at radius 2 is 2.13 bits per heavy atom. The summed E-state index contributed by atoms with van der Waals surface area (Å²) in [6, 6.07) is 1.53. The molecule has 0 spiro atoms. The summed E-state index contributed by atoms with van der Waals surface area (Å²) in [5, 5.41) is 0. The summed E-state index contributed by atoms with van der Waals surface area (Å²) < 4.78 is 0. The van der Waals surface area contributed by atoms with Gasteiger partial charge >= 0.3 is 0 Å². The Kier molecular flexibility index (Phi) is 5.89. The van der Waals surface area contributed by atoms with Crippen molar-refractivity contribution >= 4 is 11.8 Å². The second kappa shape index (κ2) is 8.61. The van der Waals surface area contributed by atoms with Crippen molar-refractivity contribution in [2.75, 3.05) is 13.1 Å². The van der Waals surface area contributed by atoms with Crippen LogP contribution in [0.2, 0.25) is 0 Å². The van der Waals surface area contributed by atoms with Gasteiger partial charge in [0.1, 0.15) is 5.82 Å². The predicted molar refractivity (Wildman–Crippen MR) is 115 cm³/mol. The normalized spacial score (nSPS) is 19.3. The van der Waals surface area contributed by atoms with Crippen molar-refractivity contribution in [3.05, 3.63) is 57.0 Å². The molecule has 2 aromatic rings. The SMILES string of the molecule is CC[C@H](C)C(=O)N1CCC[C@H]1c1nc2c(c(=O)[nH]1)CN(C(=O)c1ccncc1C)CC2. The molecule has 2 aliphatic rings. The zero-order valence-electron chi connectivity index (χ0n) is 18.4. The first-order valence-corrected chi connectivity index (χ1v) is 11.0. The highest BCUT2D eigenvalue weighted by Gasteiger charge is 2.35. The molecule has 2 atom stereocenters. The summed E-state index contributed by atoms with van der Waals surface area (Å²) in [4.78, 5) is 53.9. The van der Waals surface area contributed by atoms with Crippen LogP contribution in [0.1, 0.15) is 72.2 Å². The Hall–Kier alpha value is -3.03. The highest BCUT2D eigenvalue weighted by molar-refractivity contribution is 5.95. The van der Waals surface area contributed by atoms with Gasteiger partial charge in [0, 0.05) is 43.4 Å². The van der Waals surface area contributed by atoms with E-state index < -0.39 is 0 Å². The van der Waals surface area contributed by atoms with Gasteiger partial charge in [0.05, 0.1) is 23.8 Å². The van der Waals surface area contributed by atoms with Crippen molar-refractivity contribution in [1.82, 2.24) is 24.8 Å². The van der Waals surface area contributed by atoms with Crippen LogP contribution < -0.4 is 5.56 Å². The van der Waals surface area contributed by atoms with Crippen molar-refractivity contribution in [1.29, 1.82) is 0 Å². The lowest BCUT2D eigenvalue weighted by molar-refractivity contribution is -0.136. The average Bonchev–Trinajstić information content (AvgIpc) is 3.27. The third-order valence-electron chi connectivity index (χ3n) is 6.51. The number of hydrogen-bond donors (Lipinski definition) is 1. The molecule has 1 N–H and O–H groups in total. The van der Waals surface area contributed by atoms with E-state index in [9.17, 15) is 14.4 Å². The molecule has 4 heterocycles. The van der Waals surface area contributed by atoms with Gasteiger partial charge in [0.2, 0.25) is 5.91 Å². The average molecular weight is 424 g/mol. The molecule has 0 saturated carbocycles. The minimum absolute atomic E-state index is 0.0406. The Labute approximate surface area is 181 Å². The second-order valence-electron chi connectivity index (χ2n) is 8.54. The van der Waals surface area contributed by atoms with Crippen molar-refractivity contribution in [2.45, 2.75) is 59.0 Å². The summed E-state index contributed by atoms with van der Waals surface area (Å²) in [6.45, 7) is 7.24. The van der Waals surface area contributed by atoms with Gasteiger partial charge in [-0.05, 0) is 37.8 Å². The lowest BCUT2D eigenvalue weighted by atomic mass is 10.0. The number of nitrogens with one attached hydrogen (secondary N) is 1. The van der Waals surface area contributed by atoms with E-state index >= 15 is 0 Å². The molecule has 0 aromatic carbocycles. The molecule has 8 heteroatoms. The molecule has 0 bridgehead atoms. The number of fused-ring (bicyclic) bond motifs is 1. The van der Waals surface area contributed by atoms with E-state index in [1.54, 1.807) is 23.4 Å². The van der Waals surface area contributed by atoms with Gasteiger partial charge in [-0.25, -0.2) is 4.98 Å². The Balaban J connectivity index is 1.58. The number of likely N-dealkylation sites (tertiary alicyclic amines) is 1. The molecule has 31 heavy (non-hydrogen) atoms. The fraction of sp³-hybridized carbons (Fsp3) is 0.522. The molecular weight excluding hydrogens is 394 g/mol. The first-order valence-electron chi connectivity index (χ1n) is 11.0. The van der Waals surface area contributed by atoms with E-state index in [1.807, 2.05) is 25.7 Å². The molecule has 2 aromatic heterocycles. The van der Waals surface area contributed by atoms with Crippen LogP contribution >= 0.6 is 0 Å². The number of aromatic nitrogens is 3. The van der Waals surface area contributed by atoms with Gasteiger partial charge in [-0.1, -0.05) is 13.8 Å². The maximum absolute atomic E-state index is 12.9. The van der Waals surface area contributed by atoms with Crippen LogP contribution in [0.3, 0.4) is 0 Å². The van der Waals surface area contributed by atoms with Crippen LogP contribution in [0.5, 0.6) is 0 Å². The highest BCUT2D eigenvalue weighted by Crippen LogP contribution is 2.32. The summed E-state index contributed by atoms with van der Waals surface area (Å²) in [5.41, 5.74) is 2.47. The molecule has 1 fully saturated rings. The minimum atomic E-state index is -0.216. The number of pyridine rings is 1. The van der Waals surface area contributed by atoms with Crippen molar-refractivity contribution in [3.8, 4) is 0 Å². The van der Waals surface area contributed by atoms with Gasteiger partial charge in [0.15, 0.2) is 0 Å². The zero-order valence-corrected chi connectivity index (χ0v) is 18.4. The molecule has 4 rings (SSSR count). The van der Waals surface area contributed by atoms with Crippen LogP contribution in [0, 0.1) is 12.8 Å². The van der Waals surface area contributed by atoms with Crippen LogP contribution in [-0.4, -0.2) is 49.7 Å². The van der Waals surface area contributed by atoms with Crippen molar-refractivity contribution in [2.24, 2.45) is 5.92 Å². The molecule has 1 saturated heterocycles. The maximum atomic E-state index is 12.9. The monoisotopic (exact) mass is 423 g/mol. The van der Waals surface area contributed by atoms with E-state index in [4.69, 9.17) is 4.98 Å². The maximum Gasteiger partial charge on any atom is 0.256 e. The smallest absolute Gasteiger partial charge is 0.256 e. The van der Waals surface area contributed by atoms with Crippen LogP contribution in [0.15, 0.2) is 23.3 Å². The molecule has 0 aliphatic carbocycles. The van der Waals surface area contributed by atoms with Crippen LogP contribution in [-0.2, 0) is 17.8 Å². The number of amides is 2. The number of nitrogens with zero attached hydrogens (tertiary/aromatic N) is 4. The zero-order chi connectivity index (χ0) is 22.1. The fourth-order valence-electron chi connectivity index (χ4n) is 4.43. The lowest BCUT2D eigenvalue weighted by Crippen LogP contribution is -2.41. The number of aryl methyl sites for hydroxylation is 1. The third kappa shape index (κ3) is 3.98. The number of H-pyrrole nitrogens is 1. The molecule has 0 unspecified atom stereocenters. The van der Waals surface area contributed by atoms with Crippen molar-refractivity contribution < 1.29 is 9.59 Å². The number of carbonyl (C=O) groups is 2. The van der Waals surface area contributed by atoms with E-state index in [1.165, 1.54) is 0 Å². The molecule has 2 aliphatic heterocycles. The number of aromatic amines is 1. The topological polar surface area (TPSA) is 99.3 Å². The van der Waals surface area contributed by atoms with Crippen molar-refractivity contribution in [3.63, 3.8) is 0 Å². The van der Waals surface area contributed by atoms with Gasteiger partial charge in [-0.15, -0.1) is 0 Å². The third-order valence-corrected chi connectivity index (χ3v) is 6.51. The quantitative estimate of drug-likeness (QED) is 0.814. The molecule has 8 nitrogen and oxygen atoms in total. The number of hydrogen-bond acceptors (Lipinski definition) is 5. The highest BCUT2D eigenvalue weighted by atomic mass is 16.2. The minimum Gasteiger partial charge on any atom is -0.334 e. The summed E-state index contributed by atoms with van der Waals surface area (Å²) >= 11 is 0. The molecule has 2 amide bonds. The Bertz CT molecular complexity index is 1060. The van der Waals surface area contributed by atoms with Gasteiger partial charge in [-0.3, -0.25) is 19.4 Å². The largest absolute Gasteiger partial charge is 0.334 e. The summed E-state index contributed by atoms with van der Waals surface area (Å²) in [5.74, 6) is 0.550. The van der Waals surface area contributed by atoms with Gasteiger partial charge < -0.3 is 14.8 Å². The predicted octanol–water partition coefficient (Wildman–Crippen LogP) is 2.38. The fourth-order valence-corrected chi connectivity index (χ4v) is 4.43. The van der Waals surface area contributed by atoms with Gasteiger partial charge in [0.25, 0.3) is 11.5 Å². The number of carbonyl (C=O) groups excluding carboxylic acids is 2. The van der Waals surface area contributed by atoms with E-state index in [-0.39, 0.29) is 35.9 Å². The van der Waals surface area contributed by atoms with E-state index in [0.29, 0.717) is 36.5 Å². The Morgan fingerprint density at radius 1 is 1.32 bits per heavy atom. The number of rotatable bonds is 4. The van der Waals surface area contributed by atoms with E-state index in [0.717, 1.165) is 30.5 Å². The molecular formula is C23H29N5O3. The first-order chi connectivity index (χ1) is 14.9. The second-order valence-corrected chi connectivity index (χ2v) is 8.54. The van der Waals surface area contributed by atoms with E-state index in [2.05, 4.69) is 9.97 Å². The summed E-state index contributed by atoms with van der Waals surface area (Å²) in [7, 11) is 0. The summed E-state index contributed by atoms with van der Waals surface area (Å²) in [6.07, 6.45) is 6.29. The molecule has 164 valence electrons. The first kappa shape index (κ1) is 21.2. The molecule has 0 radical (unpaired) electrons.